The molecule has 0 aromatic rings. The first-order valence-electron chi connectivity index (χ1n) is 35.4. The summed E-state index contributed by atoms with van der Waals surface area (Å²) in [5.74, 6) is -4.92. The molecule has 1 fully saturated rings. The highest BCUT2D eigenvalue weighted by Crippen LogP contribution is 2.32. The number of hydrogen-bond donors (Lipinski definition) is 0. The molecule has 0 aromatic heterocycles. The summed E-state index contributed by atoms with van der Waals surface area (Å²) in [5, 5.41) is 0. The van der Waals surface area contributed by atoms with Crippen molar-refractivity contribution in [3.8, 4) is 0 Å². The maximum atomic E-state index is 14.3. The van der Waals surface area contributed by atoms with Gasteiger partial charge in [0.05, 0.1) is 0 Å². The van der Waals surface area contributed by atoms with Crippen LogP contribution >= 0.6 is 0 Å². The third-order valence-corrected chi connectivity index (χ3v) is 14.8. The van der Waals surface area contributed by atoms with Gasteiger partial charge in [0.2, 0.25) is 12.4 Å². The Morgan fingerprint density at radius 3 is 0.792 bits per heavy atom. The van der Waals surface area contributed by atoms with Gasteiger partial charge in [-0.05, 0) is 32.1 Å². The molecule has 1 rings (SSSR count). The maximum absolute atomic E-state index is 14.3. The summed E-state index contributed by atoms with van der Waals surface area (Å²) in [6, 6.07) is 0. The predicted octanol–water partition coefficient (Wildman–Crippen LogP) is 19.1. The third kappa shape index (κ3) is 42.8. The summed E-state index contributed by atoms with van der Waals surface area (Å²) in [6.45, 7) is 10.2. The van der Waals surface area contributed by atoms with Gasteiger partial charge in [-0.3, -0.25) is 24.0 Å². The molecule has 0 N–H and O–H groups in total. The summed E-state index contributed by atoms with van der Waals surface area (Å²) >= 11 is 0. The van der Waals surface area contributed by atoms with Crippen LogP contribution in [-0.2, 0) is 52.4 Å². The van der Waals surface area contributed by atoms with E-state index in [1.165, 1.54) is 51.4 Å². The van der Waals surface area contributed by atoms with Gasteiger partial charge in [-0.25, -0.2) is 0 Å². The van der Waals surface area contributed by atoms with Crippen molar-refractivity contribution in [3.63, 3.8) is 0 Å². The highest BCUT2D eigenvalue weighted by Gasteiger charge is 2.54. The lowest BCUT2D eigenvalue weighted by Crippen LogP contribution is -2.63. The van der Waals surface area contributed by atoms with E-state index in [0.717, 1.165) is 173 Å². The fourth-order valence-electron chi connectivity index (χ4n) is 9.93. The van der Waals surface area contributed by atoms with E-state index in [4.69, 9.17) is 35.3 Å². The average Bonchev–Trinajstić information content (AvgIpc) is 3.67. The maximum Gasteiger partial charge on any atom is 0.308 e. The normalized spacial score (nSPS) is 20.3. The molecule has 0 spiro atoms. The molecule has 0 aliphatic carbocycles. The van der Waals surface area contributed by atoms with Crippen LogP contribution in [0.25, 0.3) is 0 Å². The van der Waals surface area contributed by atoms with Crippen LogP contribution < -0.4 is 0 Å². The first-order valence-corrected chi connectivity index (χ1v) is 32.5. The minimum absolute atomic E-state index is 0.148. The summed E-state index contributed by atoms with van der Waals surface area (Å²) in [6.07, 6.45) is 25.5. The number of rotatable bonds is 56. The Hall–Kier alpha value is -2.69. The minimum atomic E-state index is -1.90. The largest absolute Gasteiger partial charge is 0.463 e. The smallest absolute Gasteiger partial charge is 0.308 e. The van der Waals surface area contributed by atoms with Crippen LogP contribution in [0.3, 0.4) is 0 Å². The van der Waals surface area contributed by atoms with E-state index >= 15 is 0 Å². The van der Waals surface area contributed by atoms with Crippen molar-refractivity contribution >= 4 is 29.8 Å². The van der Waals surface area contributed by atoms with Gasteiger partial charge in [-0.1, -0.05) is 291 Å². The number of hydrogen-bond acceptors (Lipinski definition) is 11. The molecule has 1 aliphatic heterocycles. The zero-order valence-corrected chi connectivity index (χ0v) is 50.3. The van der Waals surface area contributed by atoms with Crippen LogP contribution in [0.15, 0.2) is 0 Å². The number of esters is 5. The Labute approximate surface area is 480 Å². The molecule has 1 aliphatic rings. The molecular weight excluding hydrogens is 969 g/mol. The predicted molar refractivity (Wildman–Crippen MR) is 315 cm³/mol. The van der Waals surface area contributed by atoms with E-state index in [2.05, 4.69) is 34.6 Å². The van der Waals surface area contributed by atoms with E-state index < -0.39 is 99.1 Å². The second-order valence-corrected chi connectivity index (χ2v) is 22.2. The minimum Gasteiger partial charge on any atom is -0.463 e. The molecule has 1 saturated heterocycles. The third-order valence-electron chi connectivity index (χ3n) is 14.8. The summed E-state index contributed by atoms with van der Waals surface area (Å²) in [7, 11) is 0. The zero-order valence-electron chi connectivity index (χ0n) is 55.3. The molecule has 0 saturated carbocycles. The second-order valence-electron chi connectivity index (χ2n) is 22.2. The highest BCUT2D eigenvalue weighted by molar-refractivity contribution is 5.72. The van der Waals surface area contributed by atoms with E-state index in [0.29, 0.717) is 32.1 Å². The molecule has 452 valence electrons. The van der Waals surface area contributed by atoms with E-state index in [1.54, 1.807) is 0 Å². The van der Waals surface area contributed by atoms with Crippen LogP contribution in [0.5, 0.6) is 0 Å². The van der Waals surface area contributed by atoms with E-state index in [9.17, 15) is 24.0 Å². The van der Waals surface area contributed by atoms with Gasteiger partial charge in [0.25, 0.3) is 0 Å². The quantitative estimate of drug-likeness (QED) is 0.0326. The van der Waals surface area contributed by atoms with E-state index in [1.807, 2.05) is 0 Å². The van der Waals surface area contributed by atoms with Gasteiger partial charge in [-0.15, -0.1) is 0 Å². The highest BCUT2D eigenvalue weighted by atomic mass is 16.7. The van der Waals surface area contributed by atoms with Crippen molar-refractivity contribution < 1.29 is 59.2 Å². The Morgan fingerprint density at radius 2 is 0.506 bits per heavy atom. The first kappa shape index (κ1) is 63.5. The van der Waals surface area contributed by atoms with Crippen LogP contribution in [0, 0.1) is 0 Å². The van der Waals surface area contributed by atoms with Crippen molar-refractivity contribution in [2.75, 3.05) is 6.61 Å². The lowest BCUT2D eigenvalue weighted by molar-refractivity contribution is -0.301. The Balaban J connectivity index is 3.71. The first-order chi connectivity index (χ1) is 39.7. The van der Waals surface area contributed by atoms with Gasteiger partial charge in [-0.2, -0.15) is 0 Å². The number of unbranched alkanes of at least 4 members (excludes halogenated alkanes) is 35. The number of carbonyl (C=O) groups is 5. The monoisotopic (exact) mass is 1100 g/mol. The van der Waals surface area contributed by atoms with Crippen LogP contribution in [0.1, 0.15) is 362 Å². The molecule has 1 heterocycles. The molecule has 11 heteroatoms. The van der Waals surface area contributed by atoms with Crippen LogP contribution in [-0.4, -0.2) is 67.2 Å². The topological polar surface area (TPSA) is 141 Å². The summed E-state index contributed by atoms with van der Waals surface area (Å²) in [4.78, 5) is 70.1. The Kier molecular flexibility index (Phi) is 44.5. The molecule has 77 heavy (non-hydrogen) atoms. The van der Waals surface area contributed by atoms with Crippen molar-refractivity contribution in [3.05, 3.63) is 0 Å². The standard InChI is InChI=1S/C66H122O11/c1-6-11-16-21-26-31-36-41-46-51-58(67)72-56-57-63(74-59(68)52-47-42-37-32-27-22-17-12-7-2)64(75-60(69)53-48-43-38-33-28-23-18-13-8-3)65(76-61(70)54-49-44-39-34-29-24-19-14-9-4)66(73-57)77-62(71)55-50-45-40-35-30-25-20-15-10-5/h57,63-66H,6-56H2,1-5H3/t57-,63+,64+,65-,66?/m1/s1/i51D,52D,53D,54D,55D/t51?,52?,53?,54?,55?,57-,63+,64+,65-,66?. The zero-order chi connectivity index (χ0) is 60.4. The van der Waals surface area contributed by atoms with Crippen molar-refractivity contribution in [2.45, 2.75) is 386 Å². The number of ether oxygens (including phenoxy) is 6. The molecule has 0 amide bonds. The summed E-state index contributed by atoms with van der Waals surface area (Å²) in [5.41, 5.74) is 0. The molecule has 10 atom stereocenters. The van der Waals surface area contributed by atoms with Crippen molar-refractivity contribution in [1.82, 2.24) is 0 Å². The van der Waals surface area contributed by atoms with Gasteiger partial charge < -0.3 is 28.4 Å². The van der Waals surface area contributed by atoms with Gasteiger partial charge in [0.15, 0.2) is 12.2 Å². The molecule has 6 unspecified atom stereocenters. The molecule has 0 bridgehead atoms. The van der Waals surface area contributed by atoms with Gasteiger partial charge >= 0.3 is 29.8 Å². The number of carbonyl (C=O) groups excluding carboxylic acids is 5. The van der Waals surface area contributed by atoms with E-state index in [-0.39, 0.29) is 32.1 Å². The fraction of sp³-hybridized carbons (Fsp3) is 0.924. The SMILES string of the molecule is [2H]C(CCCCCCCCCC)C(=O)OC[C@H]1OC(OC(=O)C([2H])CCCCCCCCCC)[C@H](OC(=O)C([2H])CCCCCCCCCC)[C@@H](OC(=O)C([2H])CCCCCCCCCC)[C@H]1OC(=O)C([2H])CCCCCCCCCC. The molecule has 11 nitrogen and oxygen atoms in total. The van der Waals surface area contributed by atoms with Crippen LogP contribution in [0.4, 0.5) is 0 Å². The fourth-order valence-corrected chi connectivity index (χ4v) is 9.93. The summed E-state index contributed by atoms with van der Waals surface area (Å²) < 4.78 is 80.8. The molecule has 0 radical (unpaired) electrons. The Bertz CT molecular complexity index is 1580. The molecule has 0 aromatic carbocycles. The van der Waals surface area contributed by atoms with Crippen LogP contribution in [0.2, 0.25) is 0 Å². The van der Waals surface area contributed by atoms with Gasteiger partial charge in [0.1, 0.15) is 12.7 Å². The lowest BCUT2D eigenvalue weighted by atomic mass is 9.97. The lowest BCUT2D eigenvalue weighted by Gasteiger charge is -2.44. The van der Waals surface area contributed by atoms with Crippen molar-refractivity contribution in [2.24, 2.45) is 0 Å². The second kappa shape index (κ2) is 53.9. The van der Waals surface area contributed by atoms with Crippen molar-refractivity contribution in [1.29, 1.82) is 0 Å². The molecular formula is C66H122O11. The average molecular weight is 1100 g/mol. The Morgan fingerprint density at radius 1 is 0.286 bits per heavy atom. The van der Waals surface area contributed by atoms with Gasteiger partial charge in [0, 0.05) is 38.8 Å².